The van der Waals surface area contributed by atoms with E-state index >= 15 is 0 Å². The van der Waals surface area contributed by atoms with Crippen LogP contribution in [0.3, 0.4) is 0 Å². The SMILES string of the molecule is CC(CS)C(=O)N1CCC[C@H]1C(=O)O.O=C(O)/C=C\C(=O)O. The molecule has 2 atom stereocenters. The van der Waals surface area contributed by atoms with Gasteiger partial charge in [0.2, 0.25) is 5.91 Å². The first-order chi connectivity index (χ1) is 10.2. The molecule has 3 N–H and O–H groups in total. The lowest BCUT2D eigenvalue weighted by Gasteiger charge is -2.24. The molecule has 1 heterocycles. The zero-order valence-corrected chi connectivity index (χ0v) is 12.9. The molecule has 1 aliphatic heterocycles. The van der Waals surface area contributed by atoms with Crippen LogP contribution in [0, 0.1) is 5.92 Å². The van der Waals surface area contributed by atoms with E-state index in [0.29, 0.717) is 30.9 Å². The van der Waals surface area contributed by atoms with Crippen LogP contribution >= 0.6 is 12.6 Å². The molecule has 1 aliphatic rings. The standard InChI is InChI=1S/C9H15NO3S.C4H4O4/c1-6(5-14)8(11)10-4-2-3-7(10)9(12)13;5-3(6)1-2-4(7)8/h6-7,14H,2-5H2,1H3,(H,12,13);1-2H,(H,5,6)(H,7,8)/b;2-1-/t6?,7-;/m0./s1. The van der Waals surface area contributed by atoms with E-state index in [1.165, 1.54) is 4.90 Å². The number of carboxylic acids is 3. The van der Waals surface area contributed by atoms with Gasteiger partial charge in [-0.3, -0.25) is 4.79 Å². The Hall–Kier alpha value is -2.03. The molecule has 0 radical (unpaired) electrons. The molecule has 1 fully saturated rings. The Kier molecular flexibility index (Phi) is 8.92. The highest BCUT2D eigenvalue weighted by Crippen LogP contribution is 2.20. The Morgan fingerprint density at radius 2 is 1.68 bits per heavy atom. The zero-order chi connectivity index (χ0) is 17.3. The summed E-state index contributed by atoms with van der Waals surface area (Å²) in [7, 11) is 0. The minimum atomic E-state index is -1.26. The first kappa shape index (κ1) is 20.0. The van der Waals surface area contributed by atoms with Gasteiger partial charge in [-0.2, -0.15) is 12.6 Å². The van der Waals surface area contributed by atoms with Crippen molar-refractivity contribution in [2.45, 2.75) is 25.8 Å². The van der Waals surface area contributed by atoms with Crippen molar-refractivity contribution in [2.24, 2.45) is 5.92 Å². The summed E-state index contributed by atoms with van der Waals surface area (Å²) in [6, 6.07) is -0.621. The third-order valence-electron chi connectivity index (χ3n) is 2.88. The average Bonchev–Trinajstić information content (AvgIpc) is 2.93. The molecule has 22 heavy (non-hydrogen) atoms. The Morgan fingerprint density at radius 1 is 1.18 bits per heavy atom. The number of nitrogens with zero attached hydrogens (tertiary/aromatic N) is 1. The second kappa shape index (κ2) is 9.82. The average molecular weight is 333 g/mol. The molecule has 1 rings (SSSR count). The highest BCUT2D eigenvalue weighted by molar-refractivity contribution is 7.80. The molecular formula is C13H19NO7S. The molecule has 0 aromatic heterocycles. The summed E-state index contributed by atoms with van der Waals surface area (Å²) < 4.78 is 0. The van der Waals surface area contributed by atoms with Crippen molar-refractivity contribution in [3.63, 3.8) is 0 Å². The maximum atomic E-state index is 11.7. The van der Waals surface area contributed by atoms with E-state index in [1.807, 2.05) is 0 Å². The molecule has 0 bridgehead atoms. The highest BCUT2D eigenvalue weighted by Gasteiger charge is 2.35. The largest absolute Gasteiger partial charge is 0.480 e. The number of hydrogen-bond acceptors (Lipinski definition) is 5. The number of rotatable bonds is 5. The Labute approximate surface area is 132 Å². The number of carbonyl (C=O) groups excluding carboxylic acids is 1. The van der Waals surface area contributed by atoms with Crippen LogP contribution < -0.4 is 0 Å². The molecule has 0 spiro atoms. The van der Waals surface area contributed by atoms with Gasteiger partial charge in [-0.15, -0.1) is 0 Å². The van der Waals surface area contributed by atoms with Gasteiger partial charge in [0.1, 0.15) is 6.04 Å². The summed E-state index contributed by atoms with van der Waals surface area (Å²) in [4.78, 5) is 43.1. The van der Waals surface area contributed by atoms with Gasteiger partial charge in [0.05, 0.1) is 0 Å². The molecule has 8 nitrogen and oxygen atoms in total. The minimum absolute atomic E-state index is 0.0927. The zero-order valence-electron chi connectivity index (χ0n) is 12.0. The van der Waals surface area contributed by atoms with Crippen LogP contribution in [0.2, 0.25) is 0 Å². The van der Waals surface area contributed by atoms with Gasteiger partial charge in [-0.25, -0.2) is 14.4 Å². The first-order valence-corrected chi connectivity index (χ1v) is 7.12. The van der Waals surface area contributed by atoms with Crippen LogP contribution in [-0.2, 0) is 19.2 Å². The van der Waals surface area contributed by atoms with Gasteiger partial charge in [0.25, 0.3) is 0 Å². The molecule has 0 saturated carbocycles. The van der Waals surface area contributed by atoms with E-state index in [0.717, 1.165) is 6.42 Å². The van der Waals surface area contributed by atoms with Crippen LogP contribution in [0.4, 0.5) is 0 Å². The number of amides is 1. The summed E-state index contributed by atoms with van der Waals surface area (Å²) in [5.41, 5.74) is 0. The van der Waals surface area contributed by atoms with Gasteiger partial charge in [-0.05, 0) is 12.8 Å². The molecule has 1 unspecified atom stereocenters. The smallest absolute Gasteiger partial charge is 0.328 e. The predicted molar refractivity (Wildman–Crippen MR) is 79.8 cm³/mol. The normalized spacial score (nSPS) is 18.5. The lowest BCUT2D eigenvalue weighted by atomic mass is 10.1. The topological polar surface area (TPSA) is 132 Å². The lowest BCUT2D eigenvalue weighted by Crippen LogP contribution is -2.43. The van der Waals surface area contributed by atoms with Gasteiger partial charge in [-0.1, -0.05) is 6.92 Å². The molecular weight excluding hydrogens is 314 g/mol. The summed E-state index contributed by atoms with van der Waals surface area (Å²) >= 11 is 4.03. The van der Waals surface area contributed by atoms with Gasteiger partial charge in [0, 0.05) is 30.4 Å². The molecule has 0 aromatic rings. The predicted octanol–water partition coefficient (Wildman–Crippen LogP) is 0.340. The molecule has 1 saturated heterocycles. The first-order valence-electron chi connectivity index (χ1n) is 6.48. The summed E-state index contributed by atoms with van der Waals surface area (Å²) in [5.74, 6) is -3.24. The molecule has 0 aromatic carbocycles. The van der Waals surface area contributed by atoms with Crippen molar-refractivity contribution in [1.29, 1.82) is 0 Å². The van der Waals surface area contributed by atoms with E-state index in [9.17, 15) is 19.2 Å². The van der Waals surface area contributed by atoms with Crippen LogP contribution in [0.5, 0.6) is 0 Å². The number of aliphatic carboxylic acids is 3. The van der Waals surface area contributed by atoms with E-state index in [4.69, 9.17) is 15.3 Å². The number of carbonyl (C=O) groups is 4. The quantitative estimate of drug-likeness (QED) is 0.421. The molecule has 1 amide bonds. The maximum Gasteiger partial charge on any atom is 0.328 e. The number of carboxylic acid groups (broad SMARTS) is 3. The highest BCUT2D eigenvalue weighted by atomic mass is 32.1. The summed E-state index contributed by atoms with van der Waals surface area (Å²) in [5, 5.41) is 24.5. The van der Waals surface area contributed by atoms with Crippen LogP contribution in [0.15, 0.2) is 12.2 Å². The minimum Gasteiger partial charge on any atom is -0.480 e. The van der Waals surface area contributed by atoms with E-state index in [1.54, 1.807) is 6.92 Å². The molecule has 124 valence electrons. The third-order valence-corrected chi connectivity index (χ3v) is 3.43. The van der Waals surface area contributed by atoms with Crippen molar-refractivity contribution in [3.8, 4) is 0 Å². The fourth-order valence-electron chi connectivity index (χ4n) is 1.79. The van der Waals surface area contributed by atoms with E-state index in [2.05, 4.69) is 12.6 Å². The van der Waals surface area contributed by atoms with Gasteiger partial charge in [0.15, 0.2) is 0 Å². The fourth-order valence-corrected chi connectivity index (χ4v) is 1.95. The lowest BCUT2D eigenvalue weighted by molar-refractivity contribution is -0.149. The second-order valence-corrected chi connectivity index (χ2v) is 4.99. The van der Waals surface area contributed by atoms with Crippen LogP contribution in [-0.4, -0.2) is 62.4 Å². The third kappa shape index (κ3) is 7.11. The van der Waals surface area contributed by atoms with Crippen molar-refractivity contribution in [2.75, 3.05) is 12.3 Å². The molecule has 9 heteroatoms. The Morgan fingerprint density at radius 3 is 2.05 bits per heavy atom. The van der Waals surface area contributed by atoms with Gasteiger partial charge >= 0.3 is 17.9 Å². The summed E-state index contributed by atoms with van der Waals surface area (Å²) in [6.07, 6.45) is 2.47. The van der Waals surface area contributed by atoms with Crippen molar-refractivity contribution in [1.82, 2.24) is 4.90 Å². The number of likely N-dealkylation sites (tertiary alicyclic amines) is 1. The van der Waals surface area contributed by atoms with Gasteiger partial charge < -0.3 is 20.2 Å². The monoisotopic (exact) mass is 333 g/mol. The maximum absolute atomic E-state index is 11.7. The van der Waals surface area contributed by atoms with Crippen molar-refractivity contribution in [3.05, 3.63) is 12.2 Å². The fraction of sp³-hybridized carbons (Fsp3) is 0.538. The number of hydrogen-bond donors (Lipinski definition) is 4. The van der Waals surface area contributed by atoms with E-state index < -0.39 is 23.9 Å². The molecule has 0 aliphatic carbocycles. The summed E-state index contributed by atoms with van der Waals surface area (Å²) in [6.45, 7) is 2.33. The van der Waals surface area contributed by atoms with Crippen LogP contribution in [0.25, 0.3) is 0 Å². The van der Waals surface area contributed by atoms with Crippen molar-refractivity contribution >= 4 is 36.4 Å². The second-order valence-electron chi connectivity index (χ2n) is 4.62. The van der Waals surface area contributed by atoms with Crippen molar-refractivity contribution < 1.29 is 34.5 Å². The van der Waals surface area contributed by atoms with Crippen LogP contribution in [0.1, 0.15) is 19.8 Å². The Bertz CT molecular complexity index is 447. The van der Waals surface area contributed by atoms with E-state index in [-0.39, 0.29) is 11.8 Å². The Balaban J connectivity index is 0.000000472. The number of thiol groups is 1.